The number of carboxylic acid groups (broad SMARTS) is 1. The number of esters is 1. The number of carbonyl (C=O) groups is 2. The molecule has 3 aliphatic heterocycles. The summed E-state index contributed by atoms with van der Waals surface area (Å²) in [6, 6.07) is 0. The molecule has 0 aromatic heterocycles. The van der Waals surface area contributed by atoms with E-state index in [9.17, 15) is 76.0 Å². The highest BCUT2D eigenvalue weighted by atomic mass is 16.7. The van der Waals surface area contributed by atoms with Gasteiger partial charge in [-0.15, -0.1) is 0 Å². The minimum absolute atomic E-state index is 0.133. The molecule has 4 saturated carbocycles. The molecule has 13 N–H and O–H groups in total. The number of rotatable bonds is 10. The summed E-state index contributed by atoms with van der Waals surface area (Å²) in [5, 5.41) is 138. The summed E-state index contributed by atoms with van der Waals surface area (Å²) >= 11 is 0. The summed E-state index contributed by atoms with van der Waals surface area (Å²) in [5.74, 6) is -2.91. The lowest BCUT2D eigenvalue weighted by molar-refractivity contribution is -0.340. The number of aliphatic carboxylic acids is 1. The van der Waals surface area contributed by atoms with Crippen LogP contribution >= 0.6 is 0 Å². The van der Waals surface area contributed by atoms with E-state index in [4.69, 9.17) is 28.4 Å². The smallest absolute Gasteiger partial charge is 0.315 e. The highest BCUT2D eigenvalue weighted by Crippen LogP contribution is 2.76. The van der Waals surface area contributed by atoms with Crippen molar-refractivity contribution >= 4 is 11.9 Å². The van der Waals surface area contributed by atoms with Crippen LogP contribution in [-0.4, -0.2) is 202 Å². The van der Waals surface area contributed by atoms with Crippen molar-refractivity contribution in [2.45, 2.75) is 204 Å². The fourth-order valence-electron chi connectivity index (χ4n) is 15.0. The minimum Gasteiger partial charge on any atom is -0.481 e. The van der Waals surface area contributed by atoms with Crippen LogP contribution in [0.5, 0.6) is 0 Å². The van der Waals surface area contributed by atoms with E-state index in [1.54, 1.807) is 0 Å². The molecule has 0 spiro atoms. The Bertz CT molecular complexity index is 1930. The summed E-state index contributed by atoms with van der Waals surface area (Å²) in [4.78, 5) is 28.6. The van der Waals surface area contributed by atoms with Crippen molar-refractivity contribution in [1.29, 1.82) is 0 Å². The van der Waals surface area contributed by atoms with Crippen molar-refractivity contribution in [1.82, 2.24) is 0 Å². The van der Waals surface area contributed by atoms with Crippen molar-refractivity contribution in [3.05, 3.63) is 11.6 Å². The van der Waals surface area contributed by atoms with Crippen LogP contribution in [0.1, 0.15) is 99.3 Å². The molecule has 21 nitrogen and oxygen atoms in total. The molecule has 0 aromatic rings. The van der Waals surface area contributed by atoms with Gasteiger partial charge < -0.3 is 94.8 Å². The van der Waals surface area contributed by atoms with Gasteiger partial charge in [0.05, 0.1) is 36.8 Å². The van der Waals surface area contributed by atoms with Gasteiger partial charge in [0.2, 0.25) is 6.29 Å². The highest BCUT2D eigenvalue weighted by molar-refractivity contribution is 5.79. The lowest BCUT2D eigenvalue weighted by Gasteiger charge is -2.71. The summed E-state index contributed by atoms with van der Waals surface area (Å²) in [7, 11) is 0. The number of allylic oxidation sites excluding steroid dienone is 2. The van der Waals surface area contributed by atoms with E-state index < -0.39 is 169 Å². The van der Waals surface area contributed by atoms with Crippen molar-refractivity contribution in [3.8, 4) is 0 Å². The normalized spacial score (nSPS) is 53.9. The minimum atomic E-state index is -1.87. The zero-order valence-electron chi connectivity index (χ0n) is 40.2. The molecule has 0 radical (unpaired) electrons. The maximum Gasteiger partial charge on any atom is 0.315 e. The van der Waals surface area contributed by atoms with E-state index in [2.05, 4.69) is 33.8 Å². The molecule has 25 atom stereocenters. The van der Waals surface area contributed by atoms with Gasteiger partial charge in [-0.3, -0.25) is 9.59 Å². The molecule has 3 heterocycles. The van der Waals surface area contributed by atoms with Crippen LogP contribution in [0.15, 0.2) is 11.6 Å². The average Bonchev–Trinajstić information content (AvgIpc) is 3.29. The van der Waals surface area contributed by atoms with Gasteiger partial charge in [-0.25, -0.2) is 0 Å². The predicted octanol–water partition coefficient (Wildman–Crippen LogP) is -1.82. The molecule has 3 unspecified atom stereocenters. The van der Waals surface area contributed by atoms with E-state index in [1.165, 1.54) is 6.92 Å². The number of hydrogen-bond donors (Lipinski definition) is 13. The number of ether oxygens (including phenoxy) is 6. The third-order valence-corrected chi connectivity index (χ3v) is 19.4. The number of aliphatic hydroxyl groups is 12. The topological polar surface area (TPSA) is 353 Å². The Labute approximate surface area is 400 Å². The third-order valence-electron chi connectivity index (χ3n) is 19.4. The van der Waals surface area contributed by atoms with Crippen LogP contribution in [0.25, 0.3) is 0 Å². The molecule has 8 rings (SSSR count). The van der Waals surface area contributed by atoms with Gasteiger partial charge in [0.15, 0.2) is 12.6 Å². The lowest BCUT2D eigenvalue weighted by Crippen LogP contribution is -2.70. The van der Waals surface area contributed by atoms with Gasteiger partial charge in [-0.05, 0) is 104 Å². The Morgan fingerprint density at radius 2 is 1.17 bits per heavy atom. The SMILES string of the molecule is CC1(C)CC[C@]2(C(=O)O[C@@H]3O[C@H](CO[C@@H]4O[C@H](CO)[C@@H](O)[C@H](O)[C@H]4O)[C@@H](O)[C@H](O)[C@H]3O)CC[C@]3(C)C(=CCC4[C@@]5(C)C[C@H](O)[C@H](O[C@@H]6O[C@H](CO)[C@@H](O)[C@H](O)[C@H]6O)[C@@](C)(C(=O)O)C5CC[C@]43C)C2C1. The Morgan fingerprint density at radius 1 is 0.638 bits per heavy atom. The van der Waals surface area contributed by atoms with E-state index >= 15 is 0 Å². The fourth-order valence-corrected chi connectivity index (χ4v) is 15.0. The highest BCUT2D eigenvalue weighted by Gasteiger charge is 2.73. The maximum absolute atomic E-state index is 15.0. The van der Waals surface area contributed by atoms with Crippen molar-refractivity contribution in [2.75, 3.05) is 19.8 Å². The quantitative estimate of drug-likeness (QED) is 0.0651. The summed E-state index contributed by atoms with van der Waals surface area (Å²) < 4.78 is 34.8. The zero-order valence-corrected chi connectivity index (χ0v) is 40.2. The molecular weight excluding hydrogens is 913 g/mol. The molecule has 7 fully saturated rings. The second-order valence-electron chi connectivity index (χ2n) is 23.4. The second kappa shape index (κ2) is 18.7. The first-order valence-corrected chi connectivity index (χ1v) is 24.6. The maximum atomic E-state index is 15.0. The van der Waals surface area contributed by atoms with Crippen molar-refractivity contribution in [3.63, 3.8) is 0 Å². The summed E-state index contributed by atoms with van der Waals surface area (Å²) in [5.41, 5.74) is -3.69. The van der Waals surface area contributed by atoms with Crippen LogP contribution in [0, 0.1) is 50.2 Å². The van der Waals surface area contributed by atoms with Gasteiger partial charge in [0.25, 0.3) is 0 Å². The molecule has 0 bridgehead atoms. The van der Waals surface area contributed by atoms with Gasteiger partial charge in [0, 0.05) is 0 Å². The van der Waals surface area contributed by atoms with E-state index in [0.29, 0.717) is 51.4 Å². The largest absolute Gasteiger partial charge is 0.481 e. The van der Waals surface area contributed by atoms with Crippen molar-refractivity contribution < 1.29 is 104 Å². The van der Waals surface area contributed by atoms with Gasteiger partial charge in [0.1, 0.15) is 79.4 Å². The lowest BCUT2D eigenvalue weighted by atomic mass is 9.33. The molecule has 21 heteroatoms. The van der Waals surface area contributed by atoms with Gasteiger partial charge in [-0.1, -0.05) is 46.3 Å². The molecule has 5 aliphatic carbocycles. The number of fused-ring (bicyclic) bond motifs is 7. The van der Waals surface area contributed by atoms with Crippen molar-refractivity contribution in [2.24, 2.45) is 50.2 Å². The van der Waals surface area contributed by atoms with Crippen LogP contribution in [0.4, 0.5) is 0 Å². The molecule has 69 heavy (non-hydrogen) atoms. The summed E-state index contributed by atoms with van der Waals surface area (Å²) in [6.07, 6.45) is -21.2. The molecule has 0 amide bonds. The predicted molar refractivity (Wildman–Crippen MR) is 234 cm³/mol. The molecule has 3 saturated heterocycles. The Morgan fingerprint density at radius 3 is 1.77 bits per heavy atom. The van der Waals surface area contributed by atoms with Gasteiger partial charge >= 0.3 is 11.9 Å². The number of aliphatic hydroxyl groups excluding tert-OH is 12. The molecular formula is C48H76O21. The first kappa shape index (κ1) is 53.3. The number of carboxylic acids is 1. The standard InChI is InChI=1S/C48H76O21/c1-43(2)11-13-48(42(63)69-40-36(60)33(57)30(54)25(67-40)19-64-38-34(58)31(55)28(52)23(17-49)65-38)14-12-45(4)20(21(48)15-43)7-8-26-44(3)16-22(51)37(47(6,41(61)62)27(44)9-10-46(26,45)5)68-39-35(59)32(56)29(53)24(18-50)66-39/h7,21-40,49-60H,8-19H2,1-6H3,(H,61,62)/t21?,22-,23+,24+,25+,26?,27?,28+,29+,30+,31-,32-,33-,34+,35+,36+,37-,38+,39-,40-,44+,45+,46+,47-,48-/m0/s1. The zero-order chi connectivity index (χ0) is 50.7. The fraction of sp³-hybridized carbons (Fsp3) is 0.917. The molecule has 394 valence electrons. The average molecular weight is 989 g/mol. The van der Waals surface area contributed by atoms with Gasteiger partial charge in [-0.2, -0.15) is 0 Å². The molecule has 0 aromatic carbocycles. The Kier molecular flexibility index (Phi) is 14.5. The van der Waals surface area contributed by atoms with Crippen LogP contribution in [0.3, 0.4) is 0 Å². The Balaban J connectivity index is 1.05. The van der Waals surface area contributed by atoms with Crippen LogP contribution < -0.4 is 0 Å². The Hall–Kier alpha value is -2.00. The monoisotopic (exact) mass is 988 g/mol. The van der Waals surface area contributed by atoms with Crippen LogP contribution in [-0.2, 0) is 38.0 Å². The van der Waals surface area contributed by atoms with E-state index in [1.807, 2.05) is 6.92 Å². The number of hydrogen-bond acceptors (Lipinski definition) is 20. The third kappa shape index (κ3) is 8.25. The first-order chi connectivity index (χ1) is 32.2. The summed E-state index contributed by atoms with van der Waals surface area (Å²) in [6.45, 7) is 10.3. The van der Waals surface area contributed by atoms with Crippen LogP contribution in [0.2, 0.25) is 0 Å². The molecule has 8 aliphatic rings. The number of carbonyl (C=O) groups excluding carboxylic acids is 1. The first-order valence-electron chi connectivity index (χ1n) is 24.6. The second-order valence-corrected chi connectivity index (χ2v) is 23.4. The van der Waals surface area contributed by atoms with E-state index in [-0.39, 0.29) is 23.7 Å². The van der Waals surface area contributed by atoms with E-state index in [0.717, 1.165) is 5.57 Å².